The van der Waals surface area contributed by atoms with E-state index in [-0.39, 0.29) is 11.8 Å². The average molecular weight is 328 g/mol. The van der Waals surface area contributed by atoms with Crippen LogP contribution in [0.5, 0.6) is 0 Å². The second kappa shape index (κ2) is 6.54. The maximum absolute atomic E-state index is 12.8. The minimum absolute atomic E-state index is 0.0120. The van der Waals surface area contributed by atoms with Crippen molar-refractivity contribution in [2.45, 2.75) is 26.3 Å². The van der Waals surface area contributed by atoms with Crippen LogP contribution >= 0.6 is 11.3 Å². The van der Waals surface area contributed by atoms with Crippen molar-refractivity contribution in [3.8, 4) is 0 Å². The van der Waals surface area contributed by atoms with Gasteiger partial charge in [-0.2, -0.15) is 0 Å². The third-order valence-electron chi connectivity index (χ3n) is 4.31. The largest absolute Gasteiger partial charge is 0.324 e. The molecule has 0 radical (unpaired) electrons. The van der Waals surface area contributed by atoms with Gasteiger partial charge >= 0.3 is 0 Å². The number of aryl methyl sites for hydroxylation is 1. The predicted molar refractivity (Wildman–Crippen MR) is 93.0 cm³/mol. The Morgan fingerprint density at radius 3 is 2.70 bits per heavy atom. The predicted octanol–water partition coefficient (Wildman–Crippen LogP) is 3.19. The summed E-state index contributed by atoms with van der Waals surface area (Å²) in [6, 6.07) is 11.2. The van der Waals surface area contributed by atoms with Crippen molar-refractivity contribution in [2.24, 2.45) is 0 Å². The summed E-state index contributed by atoms with van der Waals surface area (Å²) < 4.78 is 0. The number of carbonyl (C=O) groups excluding carboxylic acids is 2. The number of para-hydroxylation sites is 1. The molecule has 1 aromatic carbocycles. The third kappa shape index (κ3) is 2.88. The van der Waals surface area contributed by atoms with Gasteiger partial charge in [-0.25, -0.2) is 0 Å². The monoisotopic (exact) mass is 328 g/mol. The summed E-state index contributed by atoms with van der Waals surface area (Å²) in [5.74, 6) is -0.0636. The SMILES string of the molecule is CCc1ccccc1N1CCN(C(=O)c2cccs2)C(C)C1=O. The first-order chi connectivity index (χ1) is 11.1. The van der Waals surface area contributed by atoms with Gasteiger partial charge in [-0.1, -0.05) is 31.2 Å². The Labute approximate surface area is 140 Å². The summed E-state index contributed by atoms with van der Waals surface area (Å²) >= 11 is 1.42. The first kappa shape index (κ1) is 15.7. The minimum Gasteiger partial charge on any atom is -0.324 e. The number of carbonyl (C=O) groups is 2. The van der Waals surface area contributed by atoms with E-state index < -0.39 is 6.04 Å². The number of hydrogen-bond donors (Lipinski definition) is 0. The summed E-state index contributed by atoms with van der Waals surface area (Å²) in [7, 11) is 0. The minimum atomic E-state index is -0.441. The number of amides is 2. The van der Waals surface area contributed by atoms with E-state index in [9.17, 15) is 9.59 Å². The van der Waals surface area contributed by atoms with Gasteiger partial charge in [-0.3, -0.25) is 9.59 Å². The van der Waals surface area contributed by atoms with Crippen LogP contribution in [0.2, 0.25) is 0 Å². The lowest BCUT2D eigenvalue weighted by atomic mass is 10.1. The molecular weight excluding hydrogens is 308 g/mol. The average Bonchev–Trinajstić information content (AvgIpc) is 3.11. The highest BCUT2D eigenvalue weighted by molar-refractivity contribution is 7.12. The standard InChI is InChI=1S/C18H20N2O2S/c1-3-14-7-4-5-8-15(14)20-11-10-19(13(2)17(20)21)18(22)16-9-6-12-23-16/h4-9,12-13H,3,10-11H2,1-2H3. The molecule has 1 aliphatic heterocycles. The van der Waals surface area contributed by atoms with Gasteiger partial charge in [0.1, 0.15) is 6.04 Å². The summed E-state index contributed by atoms with van der Waals surface area (Å²) in [4.78, 5) is 29.6. The molecule has 4 nitrogen and oxygen atoms in total. The molecule has 2 heterocycles. The molecule has 23 heavy (non-hydrogen) atoms. The van der Waals surface area contributed by atoms with E-state index in [1.807, 2.05) is 47.5 Å². The van der Waals surface area contributed by atoms with Gasteiger partial charge in [0.15, 0.2) is 0 Å². The second-order valence-corrected chi connectivity index (χ2v) is 6.57. The fourth-order valence-electron chi connectivity index (χ4n) is 3.00. The number of benzene rings is 1. The molecule has 0 bridgehead atoms. The van der Waals surface area contributed by atoms with Crippen LogP contribution in [0.3, 0.4) is 0 Å². The summed E-state index contributed by atoms with van der Waals surface area (Å²) in [6.07, 6.45) is 0.881. The molecule has 1 atom stereocenters. The first-order valence-corrected chi connectivity index (χ1v) is 8.75. The van der Waals surface area contributed by atoms with Crippen molar-refractivity contribution in [3.63, 3.8) is 0 Å². The Morgan fingerprint density at radius 2 is 2.00 bits per heavy atom. The molecule has 1 fully saturated rings. The number of anilines is 1. The number of hydrogen-bond acceptors (Lipinski definition) is 3. The number of thiophene rings is 1. The zero-order valence-electron chi connectivity index (χ0n) is 13.4. The van der Waals surface area contributed by atoms with E-state index >= 15 is 0 Å². The molecule has 1 aliphatic rings. The van der Waals surface area contributed by atoms with E-state index in [1.54, 1.807) is 4.90 Å². The Balaban J connectivity index is 1.83. The maximum atomic E-state index is 12.8. The van der Waals surface area contributed by atoms with Gasteiger partial charge < -0.3 is 9.80 Å². The fourth-order valence-corrected chi connectivity index (χ4v) is 3.68. The lowest BCUT2D eigenvalue weighted by molar-refractivity contribution is -0.124. The molecule has 0 spiro atoms. The van der Waals surface area contributed by atoms with Crippen molar-refractivity contribution in [3.05, 3.63) is 52.2 Å². The van der Waals surface area contributed by atoms with Crippen molar-refractivity contribution in [1.29, 1.82) is 0 Å². The molecule has 5 heteroatoms. The van der Waals surface area contributed by atoms with Crippen LogP contribution in [-0.4, -0.2) is 35.8 Å². The Kier molecular flexibility index (Phi) is 4.48. The highest BCUT2D eigenvalue weighted by atomic mass is 32.1. The van der Waals surface area contributed by atoms with Gasteiger partial charge in [0.05, 0.1) is 4.88 Å². The molecule has 0 aliphatic carbocycles. The number of piperazine rings is 1. The van der Waals surface area contributed by atoms with Crippen molar-refractivity contribution >= 4 is 28.8 Å². The zero-order chi connectivity index (χ0) is 16.4. The molecule has 1 saturated heterocycles. The van der Waals surface area contributed by atoms with Crippen LogP contribution in [0, 0.1) is 0 Å². The van der Waals surface area contributed by atoms with Gasteiger partial charge in [-0.15, -0.1) is 11.3 Å². The summed E-state index contributed by atoms with van der Waals surface area (Å²) in [5.41, 5.74) is 2.13. The molecule has 3 rings (SSSR count). The van der Waals surface area contributed by atoms with Gasteiger partial charge in [0, 0.05) is 18.8 Å². The first-order valence-electron chi connectivity index (χ1n) is 7.87. The fraction of sp³-hybridized carbons (Fsp3) is 0.333. The van der Waals surface area contributed by atoms with Gasteiger partial charge in [-0.05, 0) is 36.4 Å². The third-order valence-corrected chi connectivity index (χ3v) is 5.17. The molecule has 120 valence electrons. The van der Waals surface area contributed by atoms with Crippen LogP contribution in [0.1, 0.15) is 29.1 Å². The zero-order valence-corrected chi connectivity index (χ0v) is 14.2. The van der Waals surface area contributed by atoms with Crippen LogP contribution in [0.4, 0.5) is 5.69 Å². The van der Waals surface area contributed by atoms with Crippen LogP contribution in [0.15, 0.2) is 41.8 Å². The molecular formula is C18H20N2O2S. The molecule has 1 unspecified atom stereocenters. The second-order valence-electron chi connectivity index (χ2n) is 5.62. The van der Waals surface area contributed by atoms with Crippen LogP contribution in [-0.2, 0) is 11.2 Å². The Hall–Kier alpha value is -2.14. The Bertz CT molecular complexity index is 712. The molecule has 2 amide bonds. The summed E-state index contributed by atoms with van der Waals surface area (Å²) in [5, 5.41) is 1.88. The van der Waals surface area contributed by atoms with E-state index in [1.165, 1.54) is 11.3 Å². The molecule has 1 aromatic heterocycles. The lowest BCUT2D eigenvalue weighted by Crippen LogP contribution is -2.57. The van der Waals surface area contributed by atoms with Crippen molar-refractivity contribution < 1.29 is 9.59 Å². The Morgan fingerprint density at radius 1 is 1.22 bits per heavy atom. The van der Waals surface area contributed by atoms with Crippen LogP contribution in [0.25, 0.3) is 0 Å². The van der Waals surface area contributed by atoms with Gasteiger partial charge in [0.25, 0.3) is 5.91 Å². The number of rotatable bonds is 3. The molecule has 0 N–H and O–H groups in total. The van der Waals surface area contributed by atoms with Crippen molar-refractivity contribution in [1.82, 2.24) is 4.90 Å². The highest BCUT2D eigenvalue weighted by Crippen LogP contribution is 2.26. The quantitative estimate of drug-likeness (QED) is 0.868. The molecule has 2 aromatic rings. The van der Waals surface area contributed by atoms with E-state index in [2.05, 4.69) is 13.0 Å². The summed E-state index contributed by atoms with van der Waals surface area (Å²) in [6.45, 7) is 5.00. The van der Waals surface area contributed by atoms with Gasteiger partial charge in [0.2, 0.25) is 5.91 Å². The molecule has 0 saturated carbocycles. The topological polar surface area (TPSA) is 40.6 Å². The van der Waals surface area contributed by atoms with Crippen molar-refractivity contribution in [2.75, 3.05) is 18.0 Å². The van der Waals surface area contributed by atoms with Crippen LogP contribution < -0.4 is 4.90 Å². The normalized spacial score (nSPS) is 18.3. The van der Waals surface area contributed by atoms with E-state index in [4.69, 9.17) is 0 Å². The highest BCUT2D eigenvalue weighted by Gasteiger charge is 2.36. The maximum Gasteiger partial charge on any atom is 0.264 e. The number of nitrogens with zero attached hydrogens (tertiary/aromatic N) is 2. The van der Waals surface area contributed by atoms with E-state index in [0.717, 1.165) is 17.7 Å². The lowest BCUT2D eigenvalue weighted by Gasteiger charge is -2.39. The smallest absolute Gasteiger partial charge is 0.264 e. The van der Waals surface area contributed by atoms with E-state index in [0.29, 0.717) is 18.0 Å².